The van der Waals surface area contributed by atoms with Gasteiger partial charge in [0, 0.05) is 31.2 Å². The molecule has 108 valence electrons. The minimum absolute atomic E-state index is 0.355. The Bertz CT molecular complexity index is 679. The molecule has 1 aromatic carbocycles. The molecule has 0 saturated carbocycles. The molecule has 0 amide bonds. The number of piperazine rings is 1. The Hall–Kier alpha value is -2.23. The van der Waals surface area contributed by atoms with Crippen LogP contribution in [0.5, 0.6) is 0 Å². The van der Waals surface area contributed by atoms with E-state index in [2.05, 4.69) is 21.4 Å². The zero-order valence-corrected chi connectivity index (χ0v) is 12.1. The summed E-state index contributed by atoms with van der Waals surface area (Å²) in [6.45, 7) is 3.37. The molecule has 1 fully saturated rings. The first-order valence-electron chi connectivity index (χ1n) is 6.71. The van der Waals surface area contributed by atoms with E-state index >= 15 is 0 Å². The minimum Gasteiger partial charge on any atom is -0.382 e. The number of nitrogens with two attached hydrogens (primary N) is 1. The lowest BCUT2D eigenvalue weighted by atomic mass is 10.2. The molecule has 6 nitrogen and oxygen atoms in total. The SMILES string of the molecule is N#Cc1c(N2CCNCC2)nn(-c2ccc(Cl)cc2)c1N. The van der Waals surface area contributed by atoms with Crippen LogP contribution in [0, 0.1) is 11.3 Å². The van der Waals surface area contributed by atoms with Crippen molar-refractivity contribution in [1.29, 1.82) is 5.26 Å². The van der Waals surface area contributed by atoms with Crippen molar-refractivity contribution < 1.29 is 0 Å². The number of hydrogen-bond donors (Lipinski definition) is 2. The highest BCUT2D eigenvalue weighted by atomic mass is 35.5. The number of anilines is 2. The van der Waals surface area contributed by atoms with E-state index < -0.39 is 0 Å². The zero-order valence-electron chi connectivity index (χ0n) is 11.4. The molecule has 7 heteroatoms. The summed E-state index contributed by atoms with van der Waals surface area (Å²) in [6.07, 6.45) is 0. The predicted molar refractivity (Wildman–Crippen MR) is 82.8 cm³/mol. The quantitative estimate of drug-likeness (QED) is 0.876. The van der Waals surface area contributed by atoms with Gasteiger partial charge in [0.25, 0.3) is 0 Å². The number of benzene rings is 1. The third kappa shape index (κ3) is 2.53. The molecule has 3 N–H and O–H groups in total. The average Bonchev–Trinajstić information content (AvgIpc) is 2.86. The average molecular weight is 303 g/mol. The summed E-state index contributed by atoms with van der Waals surface area (Å²) in [4.78, 5) is 2.08. The van der Waals surface area contributed by atoms with Crippen LogP contribution in [0.1, 0.15) is 5.56 Å². The van der Waals surface area contributed by atoms with E-state index in [0.29, 0.717) is 22.2 Å². The zero-order chi connectivity index (χ0) is 14.8. The van der Waals surface area contributed by atoms with Gasteiger partial charge in [-0.1, -0.05) is 11.6 Å². The van der Waals surface area contributed by atoms with E-state index in [-0.39, 0.29) is 0 Å². The number of nitrogens with one attached hydrogen (secondary N) is 1. The summed E-state index contributed by atoms with van der Waals surface area (Å²) in [5, 5.41) is 17.8. The Balaban J connectivity index is 2.04. The van der Waals surface area contributed by atoms with Gasteiger partial charge < -0.3 is 16.0 Å². The normalized spacial score (nSPS) is 15.0. The molecule has 2 heterocycles. The van der Waals surface area contributed by atoms with Crippen molar-refractivity contribution in [3.05, 3.63) is 34.9 Å². The molecule has 0 bridgehead atoms. The Kier molecular flexibility index (Phi) is 3.69. The van der Waals surface area contributed by atoms with Crippen LogP contribution in [0.3, 0.4) is 0 Å². The van der Waals surface area contributed by atoms with E-state index in [1.54, 1.807) is 16.8 Å². The molecule has 1 saturated heterocycles. The number of nitrogens with zero attached hydrogens (tertiary/aromatic N) is 4. The second-order valence-corrected chi connectivity index (χ2v) is 5.26. The Morgan fingerprint density at radius 3 is 2.52 bits per heavy atom. The van der Waals surface area contributed by atoms with Crippen LogP contribution in [0.15, 0.2) is 24.3 Å². The fourth-order valence-electron chi connectivity index (χ4n) is 2.40. The lowest BCUT2D eigenvalue weighted by Gasteiger charge is -2.27. The van der Waals surface area contributed by atoms with Crippen LogP contribution in [0.25, 0.3) is 5.69 Å². The van der Waals surface area contributed by atoms with Crippen LogP contribution < -0.4 is 16.0 Å². The van der Waals surface area contributed by atoms with Crippen molar-refractivity contribution >= 4 is 23.2 Å². The molecular weight excluding hydrogens is 288 g/mol. The molecule has 0 unspecified atom stereocenters. The Morgan fingerprint density at radius 2 is 1.90 bits per heavy atom. The van der Waals surface area contributed by atoms with Crippen molar-refractivity contribution in [3.63, 3.8) is 0 Å². The molecule has 0 spiro atoms. The van der Waals surface area contributed by atoms with Gasteiger partial charge in [-0.2, -0.15) is 5.26 Å². The molecule has 21 heavy (non-hydrogen) atoms. The van der Waals surface area contributed by atoms with E-state index in [1.165, 1.54) is 0 Å². The highest BCUT2D eigenvalue weighted by Crippen LogP contribution is 2.27. The van der Waals surface area contributed by atoms with Gasteiger partial charge in [0.2, 0.25) is 0 Å². The van der Waals surface area contributed by atoms with Gasteiger partial charge in [0.15, 0.2) is 5.82 Å². The lowest BCUT2D eigenvalue weighted by molar-refractivity contribution is 0.583. The monoisotopic (exact) mass is 302 g/mol. The first-order chi connectivity index (χ1) is 10.2. The Morgan fingerprint density at radius 1 is 1.24 bits per heavy atom. The van der Waals surface area contributed by atoms with Gasteiger partial charge in [-0.05, 0) is 24.3 Å². The van der Waals surface area contributed by atoms with Crippen molar-refractivity contribution in [2.45, 2.75) is 0 Å². The van der Waals surface area contributed by atoms with Gasteiger partial charge in [-0.15, -0.1) is 5.10 Å². The van der Waals surface area contributed by atoms with E-state index in [4.69, 9.17) is 17.3 Å². The minimum atomic E-state index is 0.355. The van der Waals surface area contributed by atoms with Crippen molar-refractivity contribution in [3.8, 4) is 11.8 Å². The molecule has 1 aliphatic heterocycles. The highest BCUT2D eigenvalue weighted by Gasteiger charge is 2.22. The Labute approximate surface area is 127 Å². The van der Waals surface area contributed by atoms with Gasteiger partial charge in [-0.25, -0.2) is 4.68 Å². The molecule has 0 radical (unpaired) electrons. The summed E-state index contributed by atoms with van der Waals surface area (Å²) in [7, 11) is 0. The lowest BCUT2D eigenvalue weighted by Crippen LogP contribution is -2.44. The molecule has 1 aliphatic rings. The first-order valence-corrected chi connectivity index (χ1v) is 7.08. The van der Waals surface area contributed by atoms with Crippen LogP contribution in [-0.4, -0.2) is 36.0 Å². The van der Waals surface area contributed by atoms with E-state index in [1.807, 2.05) is 12.1 Å². The fourth-order valence-corrected chi connectivity index (χ4v) is 2.53. The van der Waals surface area contributed by atoms with Gasteiger partial charge in [0.05, 0.1) is 5.69 Å². The number of nitriles is 1. The number of aromatic nitrogens is 2. The second-order valence-electron chi connectivity index (χ2n) is 4.82. The smallest absolute Gasteiger partial charge is 0.171 e. The summed E-state index contributed by atoms with van der Waals surface area (Å²) in [5.74, 6) is 1.000. The van der Waals surface area contributed by atoms with Crippen molar-refractivity contribution in [2.75, 3.05) is 36.8 Å². The number of nitrogen functional groups attached to an aromatic ring is 1. The van der Waals surface area contributed by atoms with Gasteiger partial charge in [0.1, 0.15) is 17.5 Å². The van der Waals surface area contributed by atoms with E-state index in [9.17, 15) is 5.26 Å². The molecule has 0 atom stereocenters. The largest absolute Gasteiger partial charge is 0.382 e. The topological polar surface area (TPSA) is 82.9 Å². The van der Waals surface area contributed by atoms with Crippen LogP contribution in [-0.2, 0) is 0 Å². The molecule has 2 aromatic rings. The van der Waals surface area contributed by atoms with Crippen LogP contribution >= 0.6 is 11.6 Å². The van der Waals surface area contributed by atoms with Crippen molar-refractivity contribution in [2.24, 2.45) is 0 Å². The third-order valence-corrected chi connectivity index (χ3v) is 3.75. The second kappa shape index (κ2) is 5.64. The predicted octanol–water partition coefficient (Wildman–Crippen LogP) is 1.39. The highest BCUT2D eigenvalue weighted by molar-refractivity contribution is 6.30. The van der Waals surface area contributed by atoms with Crippen LogP contribution in [0.4, 0.5) is 11.6 Å². The molecule has 0 aliphatic carbocycles. The number of rotatable bonds is 2. The third-order valence-electron chi connectivity index (χ3n) is 3.50. The maximum absolute atomic E-state index is 9.39. The molecule has 1 aromatic heterocycles. The fraction of sp³-hybridized carbons (Fsp3) is 0.286. The van der Waals surface area contributed by atoms with Gasteiger partial charge >= 0.3 is 0 Å². The summed E-state index contributed by atoms with van der Waals surface area (Å²) < 4.78 is 1.59. The first kappa shape index (κ1) is 13.7. The molecule has 3 rings (SSSR count). The maximum Gasteiger partial charge on any atom is 0.171 e. The van der Waals surface area contributed by atoms with E-state index in [0.717, 1.165) is 31.9 Å². The number of halogens is 1. The maximum atomic E-state index is 9.39. The summed E-state index contributed by atoms with van der Waals surface area (Å²) in [5.41, 5.74) is 7.30. The molecular formula is C14H15ClN6. The van der Waals surface area contributed by atoms with Crippen molar-refractivity contribution in [1.82, 2.24) is 15.1 Å². The number of hydrogen-bond acceptors (Lipinski definition) is 5. The summed E-state index contributed by atoms with van der Waals surface area (Å²) in [6, 6.07) is 9.37. The van der Waals surface area contributed by atoms with Crippen LogP contribution in [0.2, 0.25) is 5.02 Å². The summed E-state index contributed by atoms with van der Waals surface area (Å²) >= 11 is 5.90. The standard InChI is InChI=1S/C14H15ClN6/c15-10-1-3-11(4-2-10)21-13(17)12(9-16)14(19-21)20-7-5-18-6-8-20/h1-4,18H,5-8,17H2. The van der Waals surface area contributed by atoms with Gasteiger partial charge in [-0.3, -0.25) is 0 Å².